The number of nitrogens with one attached hydrogen (secondary N) is 1. The smallest absolute Gasteiger partial charge is 0.258 e. The lowest BCUT2D eigenvalue weighted by Gasteiger charge is -2.24. The van der Waals surface area contributed by atoms with Gasteiger partial charge in [0.15, 0.2) is 6.61 Å². The Labute approximate surface area is 122 Å². The summed E-state index contributed by atoms with van der Waals surface area (Å²) in [5, 5.41) is 2.82. The van der Waals surface area contributed by atoms with Crippen molar-refractivity contribution in [3.8, 4) is 5.75 Å². The number of hydrogen-bond acceptors (Lipinski definition) is 4. The van der Waals surface area contributed by atoms with Crippen LogP contribution in [-0.2, 0) is 22.7 Å². The van der Waals surface area contributed by atoms with E-state index in [4.69, 9.17) is 9.47 Å². The van der Waals surface area contributed by atoms with Crippen LogP contribution in [0, 0.1) is 0 Å². The fourth-order valence-corrected chi connectivity index (χ4v) is 2.18. The predicted octanol–water partition coefficient (Wildman–Crippen LogP) is 0.977. The highest BCUT2D eigenvalue weighted by Crippen LogP contribution is 2.11. The third-order valence-electron chi connectivity index (χ3n) is 3.29. The number of benzene rings is 1. The molecule has 1 atom stereocenters. The number of amides is 1. The van der Waals surface area contributed by atoms with Crippen LogP contribution >= 0.6 is 0 Å². The molecule has 2 heterocycles. The van der Waals surface area contributed by atoms with Crippen LogP contribution in [0.3, 0.4) is 0 Å². The van der Waals surface area contributed by atoms with Gasteiger partial charge in [0.2, 0.25) is 0 Å². The second-order valence-electron chi connectivity index (χ2n) is 4.83. The molecule has 0 aliphatic carbocycles. The van der Waals surface area contributed by atoms with Crippen LogP contribution < -0.4 is 10.1 Å². The summed E-state index contributed by atoms with van der Waals surface area (Å²) in [4.78, 5) is 15.9. The van der Waals surface area contributed by atoms with Crippen molar-refractivity contribution in [2.75, 3.05) is 13.2 Å². The summed E-state index contributed by atoms with van der Waals surface area (Å²) in [6.45, 7) is 1.66. The highest BCUT2D eigenvalue weighted by atomic mass is 16.5. The number of hydrogen-bond donors (Lipinski definition) is 1. The summed E-state index contributed by atoms with van der Waals surface area (Å²) in [5.41, 5.74) is 0. The van der Waals surface area contributed by atoms with Crippen molar-refractivity contribution < 1.29 is 14.3 Å². The Morgan fingerprint density at radius 3 is 3.14 bits per heavy atom. The molecule has 1 aliphatic rings. The number of aromatic nitrogens is 2. The van der Waals surface area contributed by atoms with Gasteiger partial charge in [-0.05, 0) is 12.1 Å². The van der Waals surface area contributed by atoms with Crippen molar-refractivity contribution in [3.63, 3.8) is 0 Å². The quantitative estimate of drug-likeness (QED) is 0.890. The van der Waals surface area contributed by atoms with Crippen LogP contribution in [0.1, 0.15) is 5.82 Å². The number of imidazole rings is 1. The molecule has 0 spiro atoms. The van der Waals surface area contributed by atoms with Gasteiger partial charge in [-0.15, -0.1) is 0 Å². The highest BCUT2D eigenvalue weighted by Gasteiger charge is 2.19. The lowest BCUT2D eigenvalue weighted by Crippen LogP contribution is -2.40. The molecule has 1 aromatic heterocycles. The van der Waals surface area contributed by atoms with E-state index in [1.54, 1.807) is 6.20 Å². The molecule has 1 aromatic carbocycles. The molecule has 0 saturated heterocycles. The van der Waals surface area contributed by atoms with Crippen molar-refractivity contribution in [1.82, 2.24) is 14.9 Å². The molecule has 2 aromatic rings. The molecule has 1 aliphatic heterocycles. The Kier molecular flexibility index (Phi) is 4.16. The zero-order valence-corrected chi connectivity index (χ0v) is 11.6. The van der Waals surface area contributed by atoms with E-state index in [0.29, 0.717) is 25.4 Å². The molecule has 21 heavy (non-hydrogen) atoms. The first-order chi connectivity index (χ1) is 10.3. The summed E-state index contributed by atoms with van der Waals surface area (Å²) < 4.78 is 13.1. The van der Waals surface area contributed by atoms with Gasteiger partial charge in [0.05, 0.1) is 12.6 Å². The normalized spacial score (nSPS) is 17.0. The summed E-state index contributed by atoms with van der Waals surface area (Å²) in [6.07, 6.45) is 3.64. The molecule has 0 bridgehead atoms. The second kappa shape index (κ2) is 6.41. The minimum atomic E-state index is -0.154. The molecular weight excluding hydrogens is 270 g/mol. The number of nitrogens with zero attached hydrogens (tertiary/aromatic N) is 2. The third-order valence-corrected chi connectivity index (χ3v) is 3.29. The maximum Gasteiger partial charge on any atom is 0.258 e. The standard InChI is InChI=1S/C15H17N3O3/c19-15(11-21-12-4-2-1-3-5-12)17-8-13-9-18-7-6-16-14(18)10-20-13/h1-7,13H,8-11H2,(H,17,19)/t13-/m0/s1. The number of carbonyl (C=O) groups excluding carboxylic acids is 1. The summed E-state index contributed by atoms with van der Waals surface area (Å²) in [5.74, 6) is 1.45. The lowest BCUT2D eigenvalue weighted by molar-refractivity contribution is -0.124. The first kappa shape index (κ1) is 13.6. The SMILES string of the molecule is O=C(COc1ccccc1)NC[C@H]1Cn2ccnc2CO1. The van der Waals surface area contributed by atoms with Crippen LogP contribution in [0.5, 0.6) is 5.75 Å². The predicted molar refractivity (Wildman–Crippen MR) is 75.8 cm³/mol. The van der Waals surface area contributed by atoms with E-state index < -0.39 is 0 Å². The summed E-state index contributed by atoms with van der Waals surface area (Å²) >= 11 is 0. The average Bonchev–Trinajstić information content (AvgIpc) is 2.99. The van der Waals surface area contributed by atoms with E-state index in [1.807, 2.05) is 41.1 Å². The first-order valence-corrected chi connectivity index (χ1v) is 6.87. The molecule has 1 amide bonds. The van der Waals surface area contributed by atoms with Crippen molar-refractivity contribution in [3.05, 3.63) is 48.5 Å². The van der Waals surface area contributed by atoms with E-state index in [0.717, 1.165) is 5.82 Å². The Morgan fingerprint density at radius 2 is 2.29 bits per heavy atom. The molecule has 3 rings (SSSR count). The Hall–Kier alpha value is -2.34. The van der Waals surface area contributed by atoms with Gasteiger partial charge in [0.1, 0.15) is 18.2 Å². The van der Waals surface area contributed by atoms with Crippen molar-refractivity contribution in [2.24, 2.45) is 0 Å². The lowest BCUT2D eigenvalue weighted by atomic mass is 10.3. The molecule has 0 fully saturated rings. The van der Waals surface area contributed by atoms with Gasteiger partial charge in [-0.2, -0.15) is 0 Å². The van der Waals surface area contributed by atoms with Crippen molar-refractivity contribution in [2.45, 2.75) is 19.3 Å². The monoisotopic (exact) mass is 287 g/mol. The minimum Gasteiger partial charge on any atom is -0.484 e. The van der Waals surface area contributed by atoms with Gasteiger partial charge in [-0.3, -0.25) is 4.79 Å². The van der Waals surface area contributed by atoms with Gasteiger partial charge < -0.3 is 19.4 Å². The van der Waals surface area contributed by atoms with Crippen LogP contribution in [0.2, 0.25) is 0 Å². The molecule has 6 nitrogen and oxygen atoms in total. The number of para-hydroxylation sites is 1. The maximum absolute atomic E-state index is 11.7. The number of carbonyl (C=O) groups is 1. The zero-order chi connectivity index (χ0) is 14.5. The molecule has 6 heteroatoms. The van der Waals surface area contributed by atoms with E-state index in [9.17, 15) is 4.79 Å². The Morgan fingerprint density at radius 1 is 1.43 bits per heavy atom. The van der Waals surface area contributed by atoms with Gasteiger partial charge in [0.25, 0.3) is 5.91 Å². The number of ether oxygens (including phenoxy) is 2. The first-order valence-electron chi connectivity index (χ1n) is 6.87. The minimum absolute atomic E-state index is 0.00700. The van der Waals surface area contributed by atoms with Gasteiger partial charge >= 0.3 is 0 Å². The Balaban J connectivity index is 1.40. The molecular formula is C15H17N3O3. The zero-order valence-electron chi connectivity index (χ0n) is 11.6. The number of fused-ring (bicyclic) bond motifs is 1. The van der Waals surface area contributed by atoms with Gasteiger partial charge in [-0.1, -0.05) is 18.2 Å². The van der Waals surface area contributed by atoms with Crippen LogP contribution in [-0.4, -0.2) is 34.7 Å². The molecule has 0 unspecified atom stereocenters. The number of rotatable bonds is 5. The fraction of sp³-hybridized carbons (Fsp3) is 0.333. The van der Waals surface area contributed by atoms with Crippen LogP contribution in [0.15, 0.2) is 42.7 Å². The highest BCUT2D eigenvalue weighted by molar-refractivity contribution is 5.77. The van der Waals surface area contributed by atoms with Crippen LogP contribution in [0.25, 0.3) is 0 Å². The van der Waals surface area contributed by atoms with Crippen molar-refractivity contribution >= 4 is 5.91 Å². The molecule has 110 valence electrons. The van der Waals surface area contributed by atoms with E-state index in [-0.39, 0.29) is 18.6 Å². The van der Waals surface area contributed by atoms with Crippen molar-refractivity contribution in [1.29, 1.82) is 0 Å². The fourth-order valence-electron chi connectivity index (χ4n) is 2.18. The van der Waals surface area contributed by atoms with Crippen LogP contribution in [0.4, 0.5) is 0 Å². The van der Waals surface area contributed by atoms with E-state index >= 15 is 0 Å². The van der Waals surface area contributed by atoms with E-state index in [2.05, 4.69) is 10.3 Å². The second-order valence-corrected chi connectivity index (χ2v) is 4.83. The summed E-state index contributed by atoms with van der Waals surface area (Å²) in [6, 6.07) is 9.27. The van der Waals surface area contributed by atoms with Gasteiger partial charge in [-0.25, -0.2) is 4.98 Å². The molecule has 1 N–H and O–H groups in total. The Bertz CT molecular complexity index is 597. The largest absolute Gasteiger partial charge is 0.484 e. The van der Waals surface area contributed by atoms with E-state index in [1.165, 1.54) is 0 Å². The molecule has 0 radical (unpaired) electrons. The average molecular weight is 287 g/mol. The third kappa shape index (κ3) is 3.61. The topological polar surface area (TPSA) is 65.4 Å². The maximum atomic E-state index is 11.7. The van der Waals surface area contributed by atoms with Gasteiger partial charge in [0, 0.05) is 18.9 Å². The summed E-state index contributed by atoms with van der Waals surface area (Å²) in [7, 11) is 0. The molecule has 0 saturated carbocycles.